The molecule has 0 aliphatic carbocycles. The lowest BCUT2D eigenvalue weighted by atomic mass is 9.93. The molecule has 0 aromatic heterocycles. The maximum atomic E-state index is 11.5. The Morgan fingerprint density at radius 2 is 1.25 bits per heavy atom. The average Bonchev–Trinajstić information content (AvgIpc) is 2.63. The van der Waals surface area contributed by atoms with Gasteiger partial charge in [-0.3, -0.25) is 0 Å². The van der Waals surface area contributed by atoms with Crippen molar-refractivity contribution in [3.8, 4) is 0 Å². The second kappa shape index (κ2) is 6.99. The van der Waals surface area contributed by atoms with Crippen molar-refractivity contribution in [2.45, 2.75) is 102 Å². The van der Waals surface area contributed by atoms with E-state index in [1.54, 1.807) is 0 Å². The lowest BCUT2D eigenvalue weighted by molar-refractivity contribution is -0.119. The van der Waals surface area contributed by atoms with Crippen molar-refractivity contribution in [1.82, 2.24) is 0 Å². The first kappa shape index (κ1) is 22.1. The molecule has 24 heavy (non-hydrogen) atoms. The van der Waals surface area contributed by atoms with Crippen LogP contribution in [-0.2, 0) is 18.4 Å². The molecule has 4 atom stereocenters. The summed E-state index contributed by atoms with van der Waals surface area (Å²) in [5.41, 5.74) is 0. The predicted octanol–water partition coefficient (Wildman–Crippen LogP) is 3.86. The van der Waals surface area contributed by atoms with E-state index in [4.69, 9.17) is 21.4 Å². The van der Waals surface area contributed by atoms with Crippen molar-refractivity contribution in [2.24, 2.45) is 0 Å². The Morgan fingerprint density at radius 1 is 0.875 bits per heavy atom. The second-order valence-corrected chi connectivity index (χ2v) is 19.4. The van der Waals surface area contributed by atoms with Crippen LogP contribution in [0.15, 0.2) is 0 Å². The summed E-state index contributed by atoms with van der Waals surface area (Å²) in [5.74, 6) is 0. The lowest BCUT2D eigenvalue weighted by Gasteiger charge is -2.43. The zero-order valence-corrected chi connectivity index (χ0v) is 19.1. The van der Waals surface area contributed by atoms with Crippen LogP contribution >= 0.6 is 0 Å². The molecule has 1 aliphatic heterocycles. The van der Waals surface area contributed by atoms with Gasteiger partial charge in [-0.1, -0.05) is 41.5 Å². The minimum Gasteiger partial charge on any atom is -0.409 e. The molecule has 2 radical (unpaired) electrons. The van der Waals surface area contributed by atoms with E-state index < -0.39 is 41.0 Å². The molecular formula is C17H35BO4Si2. The van der Waals surface area contributed by atoms with Gasteiger partial charge in [-0.05, 0) is 36.3 Å². The Hall–Kier alpha value is 0.0487. The van der Waals surface area contributed by atoms with Crippen LogP contribution in [0.4, 0.5) is 0 Å². The van der Waals surface area contributed by atoms with E-state index in [0.717, 1.165) is 6.29 Å². The Balaban J connectivity index is 3.10. The molecule has 1 rings (SSSR count). The molecule has 1 aliphatic rings. The van der Waals surface area contributed by atoms with E-state index in [-0.39, 0.29) is 10.1 Å². The number of carbonyl (C=O) groups is 1. The van der Waals surface area contributed by atoms with Crippen LogP contribution in [0.2, 0.25) is 36.3 Å². The van der Waals surface area contributed by atoms with Gasteiger partial charge in [0.2, 0.25) is 0 Å². The van der Waals surface area contributed by atoms with Gasteiger partial charge in [-0.15, -0.1) is 0 Å². The van der Waals surface area contributed by atoms with Gasteiger partial charge in [0, 0.05) is 6.00 Å². The number of rotatable bonds is 5. The predicted molar refractivity (Wildman–Crippen MR) is 105 cm³/mol. The summed E-state index contributed by atoms with van der Waals surface area (Å²) in [6, 6.07) is -0.635. The fraction of sp³-hybridized carbons (Fsp3) is 0.941. The third-order valence-corrected chi connectivity index (χ3v) is 14.8. The van der Waals surface area contributed by atoms with Gasteiger partial charge in [-0.25, -0.2) is 0 Å². The zero-order chi connectivity index (χ0) is 19.1. The van der Waals surface area contributed by atoms with Gasteiger partial charge in [0.15, 0.2) is 22.9 Å². The highest BCUT2D eigenvalue weighted by molar-refractivity contribution is 6.74. The van der Waals surface area contributed by atoms with E-state index in [1.165, 1.54) is 0 Å². The summed E-state index contributed by atoms with van der Waals surface area (Å²) in [7, 11) is 2.03. The van der Waals surface area contributed by atoms with Crippen molar-refractivity contribution in [2.75, 3.05) is 0 Å². The molecule has 7 heteroatoms. The number of hydrogen-bond acceptors (Lipinski definition) is 4. The number of carbonyl (C=O) groups excluding carboxylic acids is 1. The average molecular weight is 370 g/mol. The van der Waals surface area contributed by atoms with Crippen LogP contribution in [0.1, 0.15) is 41.5 Å². The Kier molecular flexibility index (Phi) is 6.43. The quantitative estimate of drug-likeness (QED) is 0.545. The van der Waals surface area contributed by atoms with E-state index in [0.29, 0.717) is 0 Å². The molecule has 0 aromatic rings. The summed E-state index contributed by atoms with van der Waals surface area (Å²) in [4.78, 5) is 11.5. The van der Waals surface area contributed by atoms with Gasteiger partial charge >= 0.3 is 0 Å². The molecule has 0 saturated carbocycles. The van der Waals surface area contributed by atoms with Gasteiger partial charge in [0.25, 0.3) is 0 Å². The van der Waals surface area contributed by atoms with Crippen LogP contribution in [0.5, 0.6) is 0 Å². The first-order valence-corrected chi connectivity index (χ1v) is 14.6. The third kappa shape index (κ3) is 4.61. The maximum absolute atomic E-state index is 11.5. The van der Waals surface area contributed by atoms with Gasteiger partial charge in [0.1, 0.15) is 20.1 Å². The van der Waals surface area contributed by atoms with E-state index in [1.807, 2.05) is 0 Å². The first-order chi connectivity index (χ1) is 10.5. The number of aldehydes is 1. The highest BCUT2D eigenvalue weighted by atomic mass is 28.4. The van der Waals surface area contributed by atoms with Crippen LogP contribution < -0.4 is 0 Å². The molecule has 1 fully saturated rings. The zero-order valence-electron chi connectivity index (χ0n) is 17.1. The summed E-state index contributed by atoms with van der Waals surface area (Å²) in [6.45, 7) is 21.8. The molecule has 0 N–H and O–H groups in total. The molecule has 0 bridgehead atoms. The van der Waals surface area contributed by atoms with Crippen LogP contribution in [-0.4, -0.2) is 55.1 Å². The Labute approximate surface area is 151 Å². The molecule has 4 nitrogen and oxygen atoms in total. The molecule has 0 spiro atoms. The van der Waals surface area contributed by atoms with Crippen molar-refractivity contribution >= 4 is 30.8 Å². The highest BCUT2D eigenvalue weighted by Gasteiger charge is 2.52. The summed E-state index contributed by atoms with van der Waals surface area (Å²) in [5, 5.41) is 0.0855. The van der Waals surface area contributed by atoms with Crippen molar-refractivity contribution in [3.05, 3.63) is 0 Å². The molecule has 1 saturated heterocycles. The van der Waals surface area contributed by atoms with Crippen LogP contribution in [0.25, 0.3) is 0 Å². The monoisotopic (exact) mass is 370 g/mol. The van der Waals surface area contributed by atoms with E-state index in [9.17, 15) is 4.79 Å². The Morgan fingerprint density at radius 3 is 1.58 bits per heavy atom. The molecule has 0 amide bonds. The third-order valence-electron chi connectivity index (χ3n) is 5.89. The summed E-state index contributed by atoms with van der Waals surface area (Å²) < 4.78 is 18.7. The fourth-order valence-corrected chi connectivity index (χ4v) is 4.73. The summed E-state index contributed by atoms with van der Waals surface area (Å²) in [6.07, 6.45) is -0.709. The van der Waals surface area contributed by atoms with E-state index >= 15 is 0 Å². The molecule has 0 unspecified atom stereocenters. The second-order valence-electron chi connectivity index (χ2n) is 9.89. The largest absolute Gasteiger partial charge is 0.409 e. The maximum Gasteiger partial charge on any atom is 0.192 e. The molecular weight excluding hydrogens is 335 g/mol. The van der Waals surface area contributed by atoms with Crippen molar-refractivity contribution < 1.29 is 18.4 Å². The van der Waals surface area contributed by atoms with Gasteiger partial charge in [-0.2, -0.15) is 0 Å². The molecule has 1 heterocycles. The minimum absolute atomic E-state index is 0.0364. The van der Waals surface area contributed by atoms with E-state index in [2.05, 4.69) is 67.7 Å². The highest BCUT2D eigenvalue weighted by Crippen LogP contribution is 2.42. The van der Waals surface area contributed by atoms with Gasteiger partial charge < -0.3 is 18.4 Å². The van der Waals surface area contributed by atoms with Crippen LogP contribution in [0, 0.1) is 0 Å². The number of ether oxygens (including phenoxy) is 1. The van der Waals surface area contributed by atoms with Crippen molar-refractivity contribution in [3.63, 3.8) is 0 Å². The van der Waals surface area contributed by atoms with Gasteiger partial charge in [0.05, 0.1) is 6.10 Å². The molecule has 138 valence electrons. The normalized spacial score (nSPS) is 29.8. The lowest BCUT2D eigenvalue weighted by Crippen LogP contribution is -2.54. The smallest absolute Gasteiger partial charge is 0.192 e. The standard InChI is InChI=1S/C17H35BO4Si2/c1-16(2,3)23(7,8)21-13-12(11-19)20-15(18)14(13)22-24(9,10)17(4,5)6/h11-15H,1-10H3/t12-,13+,14-,15-/m1/s1. The minimum atomic E-state index is -2.08. The molecule has 0 aromatic carbocycles. The Bertz CT molecular complexity index is 454. The number of hydrogen-bond donors (Lipinski definition) is 0. The topological polar surface area (TPSA) is 44.8 Å². The van der Waals surface area contributed by atoms with Crippen LogP contribution in [0.3, 0.4) is 0 Å². The summed E-state index contributed by atoms with van der Waals surface area (Å²) >= 11 is 0. The fourth-order valence-electron chi connectivity index (χ4n) is 2.12. The first-order valence-electron chi connectivity index (χ1n) is 8.75. The van der Waals surface area contributed by atoms with Crippen molar-refractivity contribution in [1.29, 1.82) is 0 Å². The SMILES string of the molecule is [B][C@@H]1O[C@H](C=O)[C@H](O[Si](C)(C)C(C)(C)C)[C@H]1O[Si](C)(C)C(C)(C)C.